The molecule has 0 spiro atoms. The zero-order valence-electron chi connectivity index (χ0n) is 33.9. The van der Waals surface area contributed by atoms with Crippen LogP contribution in [0.3, 0.4) is 0 Å². The summed E-state index contributed by atoms with van der Waals surface area (Å²) in [7, 11) is 2.11. The molecule has 12 nitrogen and oxygen atoms in total. The first kappa shape index (κ1) is 38.1. The highest BCUT2D eigenvalue weighted by Gasteiger charge is 2.65. The first-order chi connectivity index (χ1) is 27.3. The summed E-state index contributed by atoms with van der Waals surface area (Å²) in [5, 5.41) is 38.4. The fraction of sp³-hybridized carbons (Fsp3) is 0.545. The average molecular weight is 790 g/mol. The van der Waals surface area contributed by atoms with Crippen molar-refractivity contribution < 1.29 is 15.0 Å². The van der Waals surface area contributed by atoms with Crippen molar-refractivity contribution in [3.8, 4) is 11.1 Å². The maximum Gasteiger partial charge on any atom is 0.355 e. The van der Waals surface area contributed by atoms with Gasteiger partial charge in [0.25, 0.3) is 0 Å². The second kappa shape index (κ2) is 14.1. The molecule has 4 fully saturated rings. The number of para-hydroxylation sites is 1. The lowest BCUT2D eigenvalue weighted by atomic mass is 9.35. The smallest absolute Gasteiger partial charge is 0.355 e. The summed E-state index contributed by atoms with van der Waals surface area (Å²) in [4.78, 5) is 26.7. The molecule has 0 radical (unpaired) electrons. The second-order valence-corrected chi connectivity index (χ2v) is 19.9. The van der Waals surface area contributed by atoms with E-state index in [1.807, 2.05) is 41.4 Å². The predicted octanol–water partition coefficient (Wildman–Crippen LogP) is 8.56. The number of benzene rings is 1. The Balaban J connectivity index is 0.969. The molecule has 5 aromatic rings. The largest absolute Gasteiger partial charge is 0.476 e. The van der Waals surface area contributed by atoms with Crippen LogP contribution in [0.4, 0.5) is 22.6 Å². The van der Waals surface area contributed by atoms with Gasteiger partial charge in [0.05, 0.1) is 23.0 Å². The third-order valence-electron chi connectivity index (χ3n) is 13.7. The van der Waals surface area contributed by atoms with Crippen molar-refractivity contribution in [1.29, 1.82) is 0 Å². The Bertz CT molecular complexity index is 2300. The maximum atomic E-state index is 12.9. The summed E-state index contributed by atoms with van der Waals surface area (Å²) in [6.07, 6.45) is 13.5. The Morgan fingerprint density at radius 1 is 0.947 bits per heavy atom. The molecule has 1 aliphatic heterocycles. The number of hydrogen-bond donors (Lipinski definition) is 3. The molecule has 3 N–H and O–H groups in total. The zero-order valence-corrected chi connectivity index (χ0v) is 34.8. The number of nitrogens with zero attached hydrogens (tertiary/aromatic N) is 8. The van der Waals surface area contributed by atoms with E-state index < -0.39 is 5.97 Å². The summed E-state index contributed by atoms with van der Waals surface area (Å²) < 4.78 is 3.27. The van der Waals surface area contributed by atoms with Crippen LogP contribution in [0.2, 0.25) is 0 Å². The zero-order chi connectivity index (χ0) is 39.7. The minimum absolute atomic E-state index is 0.0148. The van der Waals surface area contributed by atoms with E-state index >= 15 is 0 Å². The van der Waals surface area contributed by atoms with Crippen molar-refractivity contribution in [1.82, 2.24) is 34.8 Å². The van der Waals surface area contributed by atoms with Gasteiger partial charge in [0.1, 0.15) is 5.82 Å². The topological polar surface area (TPSA) is 145 Å². The van der Waals surface area contributed by atoms with Crippen LogP contribution in [-0.2, 0) is 13.0 Å². The third-order valence-corrected chi connectivity index (χ3v) is 14.6. The number of carbonyl (C=O) groups is 1. The van der Waals surface area contributed by atoms with Crippen molar-refractivity contribution >= 4 is 50.1 Å². The number of hydrogen-bond acceptors (Lipinski definition) is 11. The number of carboxylic acids is 1. The summed E-state index contributed by atoms with van der Waals surface area (Å²) in [5.41, 5.74) is 6.55. The van der Waals surface area contributed by atoms with Crippen molar-refractivity contribution in [3.63, 3.8) is 0 Å². The molecule has 300 valence electrons. The molecule has 4 aromatic heterocycles. The molecule has 4 bridgehead atoms. The van der Waals surface area contributed by atoms with Crippen molar-refractivity contribution in [2.24, 2.45) is 21.7 Å². The number of aromatic carboxylic acids is 1. The quantitative estimate of drug-likeness (QED) is 0.106. The molecule has 0 amide bonds. The fourth-order valence-electron chi connectivity index (χ4n) is 12.8. The molecule has 57 heavy (non-hydrogen) atoms. The van der Waals surface area contributed by atoms with Gasteiger partial charge >= 0.3 is 5.97 Å². The van der Waals surface area contributed by atoms with Crippen LogP contribution >= 0.6 is 11.3 Å². The number of pyridine rings is 1. The van der Waals surface area contributed by atoms with E-state index in [0.717, 1.165) is 76.6 Å². The van der Waals surface area contributed by atoms with Gasteiger partial charge in [0.2, 0.25) is 0 Å². The Morgan fingerprint density at radius 2 is 1.72 bits per heavy atom. The Kier molecular flexibility index (Phi) is 9.44. The van der Waals surface area contributed by atoms with Crippen molar-refractivity contribution in [2.45, 2.75) is 98.4 Å². The van der Waals surface area contributed by atoms with E-state index in [1.54, 1.807) is 11.3 Å². The minimum atomic E-state index is -1.07. The van der Waals surface area contributed by atoms with Crippen LogP contribution in [0.1, 0.15) is 98.9 Å². The second-order valence-electron chi connectivity index (χ2n) is 18.8. The predicted molar refractivity (Wildman–Crippen MR) is 225 cm³/mol. The Morgan fingerprint density at radius 3 is 2.47 bits per heavy atom. The van der Waals surface area contributed by atoms with Gasteiger partial charge < -0.3 is 25.3 Å². The number of rotatable bonds is 13. The van der Waals surface area contributed by atoms with Gasteiger partial charge in [-0.1, -0.05) is 37.3 Å². The standard InChI is InChI=1S/C44H55N9O3S/c1-28-30-10-8-17-52(38(30)50-49-37(28)48-40-46-33-11-6-7-12-34(33)57-40)35-14-13-31(36(47-35)39(55)56)32-20-45-53(29(32)2)27-44-24-41(3)21-42(4,25-44)23-43(22-41,26-44)15-9-16-51(5)18-19-54/h6-7,11-14,20,54H,8-10,15-19,21-27H2,1-5H3,(H,55,56)(H,46,48,49). The monoisotopic (exact) mass is 789 g/mol. The number of nitrogens with one attached hydrogen (secondary N) is 1. The number of aliphatic hydroxyl groups is 1. The highest BCUT2D eigenvalue weighted by atomic mass is 32.1. The number of aliphatic hydroxyl groups excluding tert-OH is 1. The lowest BCUT2D eigenvalue weighted by Crippen LogP contribution is -2.60. The van der Waals surface area contributed by atoms with E-state index in [4.69, 9.17) is 15.1 Å². The van der Waals surface area contributed by atoms with Crippen molar-refractivity contribution in [2.75, 3.05) is 43.5 Å². The van der Waals surface area contributed by atoms with Gasteiger partial charge in [0.15, 0.2) is 22.5 Å². The Labute approximate surface area is 338 Å². The molecule has 4 saturated carbocycles. The van der Waals surface area contributed by atoms with Crippen molar-refractivity contribution in [3.05, 3.63) is 65.1 Å². The van der Waals surface area contributed by atoms with Gasteiger partial charge in [-0.05, 0) is 138 Å². The Hall–Kier alpha value is -4.46. The van der Waals surface area contributed by atoms with Crippen LogP contribution in [0, 0.1) is 35.5 Å². The number of carboxylic acid groups (broad SMARTS) is 1. The van der Waals surface area contributed by atoms with Crippen LogP contribution in [0.5, 0.6) is 0 Å². The first-order valence-corrected chi connectivity index (χ1v) is 21.4. The molecule has 5 aliphatic rings. The van der Waals surface area contributed by atoms with Crippen LogP contribution in [-0.4, -0.2) is 84.3 Å². The van der Waals surface area contributed by atoms with Gasteiger partial charge in [-0.25, -0.2) is 14.8 Å². The molecule has 2 atom stereocenters. The van der Waals surface area contributed by atoms with Gasteiger partial charge in [-0.3, -0.25) is 4.68 Å². The van der Waals surface area contributed by atoms with Crippen LogP contribution < -0.4 is 10.2 Å². The van der Waals surface area contributed by atoms with Gasteiger partial charge in [-0.2, -0.15) is 5.10 Å². The normalized spacial score (nSPS) is 26.4. The van der Waals surface area contributed by atoms with Crippen LogP contribution in [0.25, 0.3) is 21.3 Å². The highest BCUT2D eigenvalue weighted by molar-refractivity contribution is 7.22. The molecule has 10 rings (SSSR count). The maximum absolute atomic E-state index is 12.9. The molecule has 4 aliphatic carbocycles. The summed E-state index contributed by atoms with van der Waals surface area (Å²) in [5.74, 6) is 0.862. The number of thiazole rings is 1. The minimum Gasteiger partial charge on any atom is -0.476 e. The van der Waals surface area contributed by atoms with Gasteiger partial charge in [-0.15, -0.1) is 10.2 Å². The number of fused-ring (bicyclic) bond motifs is 2. The van der Waals surface area contributed by atoms with E-state index in [1.165, 1.54) is 44.9 Å². The SMILES string of the molecule is Cc1c(Nc2nc3ccccc3s2)nnc2c1CCCN2c1ccc(-c2cnn(CC34CC5(C)CC(C)(CC(CCCN(C)CCO)(C5)C3)C4)c2C)c(C(=O)O)n1. The van der Waals surface area contributed by atoms with E-state index in [0.29, 0.717) is 45.8 Å². The first-order valence-electron chi connectivity index (χ1n) is 20.6. The summed E-state index contributed by atoms with van der Waals surface area (Å²) in [6, 6.07) is 11.9. The highest BCUT2D eigenvalue weighted by Crippen LogP contribution is 2.75. The number of likely N-dealkylation sites (N-methyl/N-ethyl adjacent to an activating group) is 1. The van der Waals surface area contributed by atoms with Crippen LogP contribution in [0.15, 0.2) is 42.6 Å². The number of aromatic nitrogens is 6. The summed E-state index contributed by atoms with van der Waals surface area (Å²) in [6.45, 7) is 12.7. The molecular weight excluding hydrogens is 735 g/mol. The number of anilines is 4. The molecule has 2 unspecified atom stereocenters. The van der Waals surface area contributed by atoms with Gasteiger partial charge in [0, 0.05) is 47.6 Å². The fourth-order valence-corrected chi connectivity index (χ4v) is 13.6. The van der Waals surface area contributed by atoms with E-state index in [9.17, 15) is 15.0 Å². The summed E-state index contributed by atoms with van der Waals surface area (Å²) >= 11 is 1.58. The third kappa shape index (κ3) is 6.99. The molecule has 1 aromatic carbocycles. The molecular formula is C44H55N9O3S. The molecule has 5 heterocycles. The van der Waals surface area contributed by atoms with E-state index in [-0.39, 0.29) is 17.7 Å². The average Bonchev–Trinajstić information content (AvgIpc) is 3.72. The van der Waals surface area contributed by atoms with E-state index in [2.05, 4.69) is 65.9 Å². The lowest BCUT2D eigenvalue weighted by Gasteiger charge is -2.70. The molecule has 0 saturated heterocycles. The lowest BCUT2D eigenvalue weighted by molar-refractivity contribution is -0.198. The molecule has 13 heteroatoms.